The first kappa shape index (κ1) is 19.5. The highest BCUT2D eigenvalue weighted by atomic mass is 32.1. The maximum Gasteiger partial charge on any atom is 0.241 e. The Hall–Kier alpha value is -2.51. The number of hydrogen-bond acceptors (Lipinski definition) is 6. The van der Waals surface area contributed by atoms with Crippen LogP contribution in [-0.2, 0) is 17.8 Å². The van der Waals surface area contributed by atoms with Gasteiger partial charge in [-0.1, -0.05) is 35.5 Å². The molecular formula is C23H26N4O2S. The summed E-state index contributed by atoms with van der Waals surface area (Å²) >= 11 is 1.60. The molecule has 3 heterocycles. The Morgan fingerprint density at radius 1 is 1.20 bits per heavy atom. The molecule has 2 aromatic heterocycles. The highest BCUT2D eigenvalue weighted by Crippen LogP contribution is 2.30. The number of aryl methyl sites for hydroxylation is 1. The maximum absolute atomic E-state index is 13.0. The van der Waals surface area contributed by atoms with Gasteiger partial charge in [-0.2, -0.15) is 4.98 Å². The van der Waals surface area contributed by atoms with Gasteiger partial charge in [0.1, 0.15) is 0 Å². The molecule has 0 bridgehead atoms. The van der Waals surface area contributed by atoms with E-state index in [4.69, 9.17) is 4.52 Å². The van der Waals surface area contributed by atoms with Gasteiger partial charge < -0.3 is 9.84 Å². The standard InChI is InChI=1S/C23H26N4O2S/c28-23(24-19-10-3-7-16-6-1-2-9-18(16)19)17-8-4-12-27(14-17)15-21-25-22(26-29-21)20-11-5-13-30-20/h1-2,5-6,9,11,13,17,19H,3-4,7-8,10,12,14-15H2,(H,24,28). The molecule has 30 heavy (non-hydrogen) atoms. The second-order valence-corrected chi connectivity index (χ2v) is 9.16. The zero-order chi connectivity index (χ0) is 20.3. The number of aromatic nitrogens is 2. The number of hydrogen-bond donors (Lipinski definition) is 1. The number of piperidine rings is 1. The van der Waals surface area contributed by atoms with Crippen LogP contribution in [-0.4, -0.2) is 34.0 Å². The van der Waals surface area contributed by atoms with Crippen LogP contribution in [0.15, 0.2) is 46.3 Å². The summed E-state index contributed by atoms with van der Waals surface area (Å²) in [5.41, 5.74) is 2.66. The molecule has 0 radical (unpaired) electrons. The van der Waals surface area contributed by atoms with Crippen LogP contribution >= 0.6 is 11.3 Å². The van der Waals surface area contributed by atoms with Gasteiger partial charge in [0.25, 0.3) is 0 Å². The Labute approximate surface area is 180 Å². The molecule has 2 unspecified atom stereocenters. The zero-order valence-corrected chi connectivity index (χ0v) is 17.7. The van der Waals surface area contributed by atoms with Crippen molar-refractivity contribution in [3.05, 3.63) is 58.8 Å². The number of rotatable bonds is 5. The number of nitrogens with one attached hydrogen (secondary N) is 1. The monoisotopic (exact) mass is 422 g/mol. The first-order chi connectivity index (χ1) is 14.8. The third-order valence-electron chi connectivity index (χ3n) is 6.13. The molecule has 3 aromatic rings. The number of carbonyl (C=O) groups is 1. The summed E-state index contributed by atoms with van der Waals surface area (Å²) in [6.45, 7) is 2.28. The van der Waals surface area contributed by atoms with E-state index < -0.39 is 0 Å². The van der Waals surface area contributed by atoms with Gasteiger partial charge in [0, 0.05) is 6.54 Å². The Morgan fingerprint density at radius 3 is 3.03 bits per heavy atom. The third kappa shape index (κ3) is 4.18. The van der Waals surface area contributed by atoms with Crippen molar-refractivity contribution < 1.29 is 9.32 Å². The molecule has 1 aliphatic carbocycles. The van der Waals surface area contributed by atoms with Crippen molar-refractivity contribution in [2.75, 3.05) is 13.1 Å². The van der Waals surface area contributed by atoms with Crippen molar-refractivity contribution in [2.45, 2.75) is 44.7 Å². The molecule has 1 fully saturated rings. The predicted molar refractivity (Wildman–Crippen MR) is 116 cm³/mol. The van der Waals surface area contributed by atoms with E-state index in [9.17, 15) is 4.79 Å². The molecule has 7 heteroatoms. The Morgan fingerprint density at radius 2 is 2.13 bits per heavy atom. The molecule has 1 aliphatic heterocycles. The van der Waals surface area contributed by atoms with E-state index in [0.717, 1.165) is 50.1 Å². The van der Waals surface area contributed by atoms with Crippen LogP contribution in [0.5, 0.6) is 0 Å². The summed E-state index contributed by atoms with van der Waals surface area (Å²) in [5.74, 6) is 1.43. The number of carbonyl (C=O) groups excluding carboxylic acids is 1. The highest BCUT2D eigenvalue weighted by molar-refractivity contribution is 7.13. The molecule has 2 atom stereocenters. The lowest BCUT2D eigenvalue weighted by Gasteiger charge is -2.33. The first-order valence-corrected chi connectivity index (χ1v) is 11.6. The van der Waals surface area contributed by atoms with E-state index in [2.05, 4.69) is 44.6 Å². The fraction of sp³-hybridized carbons (Fsp3) is 0.435. The van der Waals surface area contributed by atoms with Crippen LogP contribution in [0.3, 0.4) is 0 Å². The number of fused-ring (bicyclic) bond motifs is 1. The van der Waals surface area contributed by atoms with Gasteiger partial charge in [0.05, 0.1) is 23.4 Å². The average Bonchev–Trinajstić information content (AvgIpc) is 3.46. The SMILES string of the molecule is O=C(NC1CCCc2ccccc21)C1CCCN(Cc2nc(-c3cccs3)no2)C1. The smallest absolute Gasteiger partial charge is 0.241 e. The summed E-state index contributed by atoms with van der Waals surface area (Å²) in [5, 5.41) is 9.44. The summed E-state index contributed by atoms with van der Waals surface area (Å²) in [6, 6.07) is 12.6. The van der Waals surface area contributed by atoms with Gasteiger partial charge in [-0.05, 0) is 61.2 Å². The number of thiophene rings is 1. The van der Waals surface area contributed by atoms with Crippen molar-refractivity contribution in [3.8, 4) is 10.7 Å². The second-order valence-electron chi connectivity index (χ2n) is 8.22. The summed E-state index contributed by atoms with van der Waals surface area (Å²) in [7, 11) is 0. The summed E-state index contributed by atoms with van der Waals surface area (Å²) < 4.78 is 5.45. The predicted octanol–water partition coefficient (Wildman–Crippen LogP) is 4.20. The largest absolute Gasteiger partial charge is 0.349 e. The highest BCUT2D eigenvalue weighted by Gasteiger charge is 2.29. The van der Waals surface area contributed by atoms with E-state index in [1.54, 1.807) is 11.3 Å². The summed E-state index contributed by atoms with van der Waals surface area (Å²) in [6.07, 6.45) is 5.19. The van der Waals surface area contributed by atoms with Crippen molar-refractivity contribution in [1.82, 2.24) is 20.4 Å². The van der Waals surface area contributed by atoms with E-state index in [1.165, 1.54) is 11.1 Å². The fourth-order valence-electron chi connectivity index (χ4n) is 4.62. The van der Waals surface area contributed by atoms with Gasteiger partial charge in [-0.25, -0.2) is 0 Å². The third-order valence-corrected chi connectivity index (χ3v) is 7.00. The Balaban J connectivity index is 1.20. The van der Waals surface area contributed by atoms with Crippen LogP contribution in [0.2, 0.25) is 0 Å². The molecule has 156 valence electrons. The van der Waals surface area contributed by atoms with E-state index >= 15 is 0 Å². The molecular weight excluding hydrogens is 396 g/mol. The molecule has 1 aromatic carbocycles. The first-order valence-electron chi connectivity index (χ1n) is 10.7. The molecule has 1 N–H and O–H groups in total. The summed E-state index contributed by atoms with van der Waals surface area (Å²) in [4.78, 5) is 20.8. The van der Waals surface area contributed by atoms with E-state index in [0.29, 0.717) is 18.3 Å². The Kier molecular flexibility index (Phi) is 5.64. The van der Waals surface area contributed by atoms with Crippen LogP contribution in [0, 0.1) is 5.92 Å². The lowest BCUT2D eigenvalue weighted by atomic mass is 9.87. The normalized spacial score (nSPS) is 21.9. The molecule has 5 rings (SSSR count). The molecule has 0 spiro atoms. The minimum atomic E-state index is 0.00697. The number of benzene rings is 1. The van der Waals surface area contributed by atoms with Crippen molar-refractivity contribution in [2.24, 2.45) is 5.92 Å². The number of nitrogens with zero attached hydrogens (tertiary/aromatic N) is 3. The molecule has 1 amide bonds. The minimum absolute atomic E-state index is 0.00697. The maximum atomic E-state index is 13.0. The molecule has 2 aliphatic rings. The zero-order valence-electron chi connectivity index (χ0n) is 16.9. The van der Waals surface area contributed by atoms with Crippen molar-refractivity contribution in [3.63, 3.8) is 0 Å². The fourth-order valence-corrected chi connectivity index (χ4v) is 5.27. The molecule has 6 nitrogen and oxygen atoms in total. The van der Waals surface area contributed by atoms with Gasteiger partial charge >= 0.3 is 0 Å². The van der Waals surface area contributed by atoms with E-state index in [1.807, 2.05) is 17.5 Å². The van der Waals surface area contributed by atoms with Gasteiger partial charge in [-0.15, -0.1) is 11.3 Å². The van der Waals surface area contributed by atoms with Gasteiger partial charge in [-0.3, -0.25) is 9.69 Å². The lowest BCUT2D eigenvalue weighted by Crippen LogP contribution is -2.44. The van der Waals surface area contributed by atoms with Crippen molar-refractivity contribution >= 4 is 17.2 Å². The number of likely N-dealkylation sites (tertiary alicyclic amines) is 1. The van der Waals surface area contributed by atoms with Crippen LogP contribution < -0.4 is 5.32 Å². The van der Waals surface area contributed by atoms with Gasteiger partial charge in [0.15, 0.2) is 0 Å². The van der Waals surface area contributed by atoms with Crippen LogP contribution in [0.25, 0.3) is 10.7 Å². The van der Waals surface area contributed by atoms with E-state index in [-0.39, 0.29) is 17.9 Å². The second kappa shape index (κ2) is 8.70. The topological polar surface area (TPSA) is 71.3 Å². The average molecular weight is 423 g/mol. The lowest BCUT2D eigenvalue weighted by molar-refractivity contribution is -0.127. The molecule has 1 saturated heterocycles. The quantitative estimate of drug-likeness (QED) is 0.667. The van der Waals surface area contributed by atoms with Crippen molar-refractivity contribution in [1.29, 1.82) is 0 Å². The van der Waals surface area contributed by atoms with Crippen LogP contribution in [0.1, 0.15) is 48.7 Å². The number of amides is 1. The van der Waals surface area contributed by atoms with Gasteiger partial charge in [0.2, 0.25) is 17.6 Å². The Bertz CT molecular complexity index is 1000. The van der Waals surface area contributed by atoms with Crippen LogP contribution in [0.4, 0.5) is 0 Å². The molecule has 0 saturated carbocycles. The minimum Gasteiger partial charge on any atom is -0.349 e.